The van der Waals surface area contributed by atoms with Crippen LogP contribution in [0.2, 0.25) is 5.02 Å². The van der Waals surface area contributed by atoms with Gasteiger partial charge in [0, 0.05) is 24.5 Å². The van der Waals surface area contributed by atoms with Crippen LogP contribution in [0.3, 0.4) is 0 Å². The number of aliphatic hydroxyl groups excluding tert-OH is 1. The molecule has 0 spiro atoms. The van der Waals surface area contributed by atoms with E-state index in [9.17, 15) is 9.90 Å². The fourth-order valence-electron chi connectivity index (χ4n) is 5.03. The predicted molar refractivity (Wildman–Crippen MR) is 101 cm³/mol. The first-order valence-electron chi connectivity index (χ1n) is 9.96. The van der Waals surface area contributed by atoms with Gasteiger partial charge in [0.05, 0.1) is 6.10 Å². The molecule has 0 unspecified atom stereocenters. The zero-order chi connectivity index (χ0) is 18.1. The van der Waals surface area contributed by atoms with Crippen LogP contribution in [-0.4, -0.2) is 41.2 Å². The normalized spacial score (nSPS) is 31.8. The molecule has 4 rings (SSSR count). The number of fused-ring (bicyclic) bond motifs is 1. The van der Waals surface area contributed by atoms with Crippen LogP contribution in [0.1, 0.15) is 44.9 Å². The number of hydrogen-bond donors (Lipinski definition) is 1. The third-order valence-electron chi connectivity index (χ3n) is 6.46. The Balaban J connectivity index is 1.34. The maximum atomic E-state index is 12.7. The van der Waals surface area contributed by atoms with E-state index in [1.54, 1.807) is 6.07 Å². The molecular formula is C21H28ClNO3. The molecule has 1 saturated heterocycles. The summed E-state index contributed by atoms with van der Waals surface area (Å²) in [6, 6.07) is 7.32. The van der Waals surface area contributed by atoms with Gasteiger partial charge in [-0.3, -0.25) is 4.79 Å². The average Bonchev–Trinajstić information content (AvgIpc) is 3.24. The number of carbonyl (C=O) groups is 1. The molecule has 0 radical (unpaired) electrons. The minimum absolute atomic E-state index is 0.223. The van der Waals surface area contributed by atoms with E-state index >= 15 is 0 Å². The Bertz CT molecular complexity index is 646. The molecule has 2 aliphatic carbocycles. The SMILES string of the molecule is O=C(CC1CCCC1)N1C[C@H]2C[C@@H](Oc3cccc(Cl)c3)[C@H](O)C[C@H]2C1. The quantitative estimate of drug-likeness (QED) is 0.865. The summed E-state index contributed by atoms with van der Waals surface area (Å²) in [5.41, 5.74) is 0. The largest absolute Gasteiger partial charge is 0.488 e. The Kier molecular flexibility index (Phi) is 5.42. The second-order valence-electron chi connectivity index (χ2n) is 8.33. The number of amides is 1. The number of halogens is 1. The van der Waals surface area contributed by atoms with E-state index in [4.69, 9.17) is 16.3 Å². The standard InChI is InChI=1S/C21H28ClNO3/c22-17-6-3-7-18(11-17)26-20-10-16-13-23(12-15(16)9-19(20)24)21(25)8-14-4-1-2-5-14/h3,6-7,11,14-16,19-20,24H,1-2,4-5,8-10,12-13H2/t15-,16+,19+,20+/m0/s1. The Morgan fingerprint density at radius 2 is 1.92 bits per heavy atom. The van der Waals surface area contributed by atoms with Crippen LogP contribution >= 0.6 is 11.6 Å². The molecule has 1 aliphatic heterocycles. The lowest BCUT2D eigenvalue weighted by molar-refractivity contribution is -0.131. The molecule has 5 heteroatoms. The topological polar surface area (TPSA) is 49.8 Å². The van der Waals surface area contributed by atoms with Gasteiger partial charge in [0.1, 0.15) is 11.9 Å². The lowest BCUT2D eigenvalue weighted by Gasteiger charge is -2.35. The van der Waals surface area contributed by atoms with Crippen LogP contribution in [0.25, 0.3) is 0 Å². The molecule has 142 valence electrons. The van der Waals surface area contributed by atoms with Crippen LogP contribution in [0.4, 0.5) is 0 Å². The van der Waals surface area contributed by atoms with Gasteiger partial charge in [-0.2, -0.15) is 0 Å². The summed E-state index contributed by atoms with van der Waals surface area (Å²) in [5.74, 6) is 2.43. The van der Waals surface area contributed by atoms with Crippen molar-refractivity contribution in [1.29, 1.82) is 0 Å². The summed E-state index contributed by atoms with van der Waals surface area (Å²) < 4.78 is 6.02. The van der Waals surface area contributed by atoms with Crippen LogP contribution in [-0.2, 0) is 4.79 Å². The highest BCUT2D eigenvalue weighted by molar-refractivity contribution is 6.30. The van der Waals surface area contributed by atoms with Gasteiger partial charge in [-0.25, -0.2) is 0 Å². The molecule has 2 saturated carbocycles. The summed E-state index contributed by atoms with van der Waals surface area (Å²) in [6.45, 7) is 1.62. The fraction of sp³-hybridized carbons (Fsp3) is 0.667. The number of rotatable bonds is 4. The maximum absolute atomic E-state index is 12.7. The Labute approximate surface area is 160 Å². The van der Waals surface area contributed by atoms with Crippen molar-refractivity contribution < 1.29 is 14.6 Å². The highest BCUT2D eigenvalue weighted by atomic mass is 35.5. The zero-order valence-electron chi connectivity index (χ0n) is 15.1. The number of carbonyl (C=O) groups excluding carboxylic acids is 1. The third kappa shape index (κ3) is 4.01. The van der Waals surface area contributed by atoms with Crippen molar-refractivity contribution in [2.24, 2.45) is 17.8 Å². The van der Waals surface area contributed by atoms with E-state index in [0.717, 1.165) is 19.5 Å². The van der Waals surface area contributed by atoms with Gasteiger partial charge in [0.2, 0.25) is 5.91 Å². The lowest BCUT2D eigenvalue weighted by atomic mass is 9.78. The first-order chi connectivity index (χ1) is 12.6. The number of aliphatic hydroxyl groups is 1. The van der Waals surface area contributed by atoms with E-state index in [-0.39, 0.29) is 6.10 Å². The van der Waals surface area contributed by atoms with E-state index < -0.39 is 6.10 Å². The van der Waals surface area contributed by atoms with E-state index in [1.165, 1.54) is 25.7 Å². The van der Waals surface area contributed by atoms with Crippen molar-refractivity contribution in [3.63, 3.8) is 0 Å². The van der Waals surface area contributed by atoms with E-state index in [0.29, 0.717) is 47.3 Å². The molecule has 0 bridgehead atoms. The second-order valence-corrected chi connectivity index (χ2v) is 8.76. The van der Waals surface area contributed by atoms with Crippen molar-refractivity contribution in [2.45, 2.75) is 57.2 Å². The number of benzene rings is 1. The first-order valence-corrected chi connectivity index (χ1v) is 10.3. The number of likely N-dealkylation sites (tertiary alicyclic amines) is 1. The summed E-state index contributed by atoms with van der Waals surface area (Å²) >= 11 is 6.03. The molecule has 3 aliphatic rings. The third-order valence-corrected chi connectivity index (χ3v) is 6.69. The number of nitrogens with zero attached hydrogens (tertiary/aromatic N) is 1. The zero-order valence-corrected chi connectivity index (χ0v) is 15.9. The summed E-state index contributed by atoms with van der Waals surface area (Å²) in [7, 11) is 0. The molecule has 0 aromatic heterocycles. The molecule has 1 amide bonds. The fourth-order valence-corrected chi connectivity index (χ4v) is 5.21. The van der Waals surface area contributed by atoms with Crippen molar-refractivity contribution in [3.8, 4) is 5.75 Å². The van der Waals surface area contributed by atoms with Crippen LogP contribution in [0, 0.1) is 17.8 Å². The lowest BCUT2D eigenvalue weighted by Crippen LogP contribution is -2.42. The van der Waals surface area contributed by atoms with Gasteiger partial charge in [-0.05, 0) is 61.6 Å². The summed E-state index contributed by atoms with van der Waals surface area (Å²) in [5, 5.41) is 11.2. The Hall–Kier alpha value is -1.26. The van der Waals surface area contributed by atoms with Crippen LogP contribution < -0.4 is 4.74 Å². The van der Waals surface area contributed by atoms with Crippen molar-refractivity contribution in [2.75, 3.05) is 13.1 Å². The highest BCUT2D eigenvalue weighted by Gasteiger charge is 2.44. The van der Waals surface area contributed by atoms with Crippen molar-refractivity contribution >= 4 is 17.5 Å². The smallest absolute Gasteiger partial charge is 0.222 e. The van der Waals surface area contributed by atoms with E-state index in [1.807, 2.05) is 23.1 Å². The van der Waals surface area contributed by atoms with E-state index in [2.05, 4.69) is 0 Å². The summed E-state index contributed by atoms with van der Waals surface area (Å²) in [6.07, 6.45) is 6.48. The Morgan fingerprint density at radius 1 is 1.19 bits per heavy atom. The van der Waals surface area contributed by atoms with Crippen LogP contribution in [0.15, 0.2) is 24.3 Å². The maximum Gasteiger partial charge on any atom is 0.222 e. The molecule has 3 fully saturated rings. The highest BCUT2D eigenvalue weighted by Crippen LogP contribution is 2.39. The molecule has 4 atom stereocenters. The molecule has 1 heterocycles. The van der Waals surface area contributed by atoms with Gasteiger partial charge in [0.25, 0.3) is 0 Å². The van der Waals surface area contributed by atoms with Crippen molar-refractivity contribution in [1.82, 2.24) is 4.90 Å². The molecular weight excluding hydrogens is 350 g/mol. The van der Waals surface area contributed by atoms with Crippen molar-refractivity contribution in [3.05, 3.63) is 29.3 Å². The average molecular weight is 378 g/mol. The van der Waals surface area contributed by atoms with Gasteiger partial charge >= 0.3 is 0 Å². The van der Waals surface area contributed by atoms with Gasteiger partial charge in [-0.15, -0.1) is 0 Å². The molecule has 1 N–H and O–H groups in total. The van der Waals surface area contributed by atoms with Gasteiger partial charge in [-0.1, -0.05) is 30.5 Å². The molecule has 26 heavy (non-hydrogen) atoms. The number of hydrogen-bond acceptors (Lipinski definition) is 3. The molecule has 4 nitrogen and oxygen atoms in total. The monoisotopic (exact) mass is 377 g/mol. The number of ether oxygens (including phenoxy) is 1. The Morgan fingerprint density at radius 3 is 2.65 bits per heavy atom. The minimum Gasteiger partial charge on any atom is -0.488 e. The second kappa shape index (κ2) is 7.77. The van der Waals surface area contributed by atoms with Gasteiger partial charge in [0.15, 0.2) is 0 Å². The first kappa shape index (κ1) is 18.1. The minimum atomic E-state index is -0.486. The predicted octanol–water partition coefficient (Wildman–Crippen LogP) is 3.90. The summed E-state index contributed by atoms with van der Waals surface area (Å²) in [4.78, 5) is 14.7. The van der Waals surface area contributed by atoms with Crippen LogP contribution in [0.5, 0.6) is 5.75 Å². The molecule has 1 aromatic carbocycles. The molecule has 1 aromatic rings. The van der Waals surface area contributed by atoms with Gasteiger partial charge < -0.3 is 14.7 Å².